The van der Waals surface area contributed by atoms with E-state index in [4.69, 9.17) is 9.47 Å². The van der Waals surface area contributed by atoms with Gasteiger partial charge in [0, 0.05) is 18.2 Å². The van der Waals surface area contributed by atoms with Crippen molar-refractivity contribution in [3.05, 3.63) is 48.0 Å². The molecule has 0 unspecified atom stereocenters. The van der Waals surface area contributed by atoms with Gasteiger partial charge in [0.2, 0.25) is 0 Å². The third-order valence-corrected chi connectivity index (χ3v) is 3.84. The quantitative estimate of drug-likeness (QED) is 0.878. The summed E-state index contributed by atoms with van der Waals surface area (Å²) in [6.45, 7) is 0.853. The molecule has 0 spiro atoms. The summed E-state index contributed by atoms with van der Waals surface area (Å²) in [6, 6.07) is 15.1. The normalized spacial score (nSPS) is 14.0. The van der Waals surface area contributed by atoms with Crippen molar-refractivity contribution in [3.63, 3.8) is 0 Å². The summed E-state index contributed by atoms with van der Waals surface area (Å²) in [4.78, 5) is 0. The molecule has 110 valence electrons. The van der Waals surface area contributed by atoms with Gasteiger partial charge in [0.1, 0.15) is 11.5 Å². The highest BCUT2D eigenvalue weighted by Gasteiger charge is 2.20. The van der Waals surface area contributed by atoms with E-state index in [2.05, 4.69) is 29.6 Å². The molecule has 1 aliphatic rings. The van der Waals surface area contributed by atoms with Gasteiger partial charge in [-0.15, -0.1) is 0 Å². The third-order valence-electron chi connectivity index (χ3n) is 3.84. The van der Waals surface area contributed by atoms with Crippen molar-refractivity contribution >= 4 is 0 Å². The molecule has 0 heterocycles. The molecule has 0 aromatic heterocycles. The van der Waals surface area contributed by atoms with Crippen LogP contribution < -0.4 is 14.8 Å². The van der Waals surface area contributed by atoms with Crippen LogP contribution >= 0.6 is 0 Å². The highest BCUT2D eigenvalue weighted by atomic mass is 16.5. The highest BCUT2D eigenvalue weighted by Crippen LogP contribution is 2.29. The summed E-state index contributed by atoms with van der Waals surface area (Å²) in [5.74, 6) is 1.82. The van der Waals surface area contributed by atoms with Crippen LogP contribution in [0.25, 0.3) is 11.1 Å². The predicted octanol–water partition coefficient (Wildman–Crippen LogP) is 3.62. The minimum Gasteiger partial charge on any atom is -0.497 e. The monoisotopic (exact) mass is 283 g/mol. The second-order valence-electron chi connectivity index (χ2n) is 5.41. The molecule has 2 aromatic carbocycles. The molecule has 0 aliphatic heterocycles. The number of hydrogen-bond donors (Lipinski definition) is 1. The van der Waals surface area contributed by atoms with Crippen molar-refractivity contribution in [1.82, 2.24) is 5.32 Å². The molecule has 0 amide bonds. The Hall–Kier alpha value is -2.00. The molecular weight excluding hydrogens is 262 g/mol. The minimum atomic E-state index is 0.690. The maximum atomic E-state index is 5.47. The standard InChI is InChI=1S/C18H21NO2/c1-20-17-5-3-4-13(11-17)14-6-9-18(21-2)15(10-14)12-19-16-7-8-16/h3-6,9-11,16,19H,7-8,12H2,1-2H3. The maximum absolute atomic E-state index is 5.47. The molecule has 1 aliphatic carbocycles. The van der Waals surface area contributed by atoms with Crippen LogP contribution in [0.1, 0.15) is 18.4 Å². The topological polar surface area (TPSA) is 30.5 Å². The van der Waals surface area contributed by atoms with Gasteiger partial charge in [-0.05, 0) is 48.2 Å². The van der Waals surface area contributed by atoms with Gasteiger partial charge in [0.15, 0.2) is 0 Å². The summed E-state index contributed by atoms with van der Waals surface area (Å²) in [6.07, 6.45) is 2.58. The first-order valence-corrected chi connectivity index (χ1v) is 7.35. The van der Waals surface area contributed by atoms with Crippen LogP contribution in [0, 0.1) is 0 Å². The van der Waals surface area contributed by atoms with Gasteiger partial charge >= 0.3 is 0 Å². The van der Waals surface area contributed by atoms with E-state index in [1.54, 1.807) is 14.2 Å². The molecule has 21 heavy (non-hydrogen) atoms. The summed E-state index contributed by atoms with van der Waals surface area (Å²) in [7, 11) is 3.42. The van der Waals surface area contributed by atoms with Gasteiger partial charge in [-0.2, -0.15) is 0 Å². The van der Waals surface area contributed by atoms with Gasteiger partial charge < -0.3 is 14.8 Å². The Kier molecular flexibility index (Phi) is 4.11. The fraction of sp³-hybridized carbons (Fsp3) is 0.333. The van der Waals surface area contributed by atoms with E-state index in [0.717, 1.165) is 23.6 Å². The predicted molar refractivity (Wildman–Crippen MR) is 84.8 cm³/mol. The molecule has 0 radical (unpaired) electrons. The Labute approximate surface area is 125 Å². The van der Waals surface area contributed by atoms with Crippen LogP contribution in [0.3, 0.4) is 0 Å². The number of ether oxygens (including phenoxy) is 2. The molecule has 1 N–H and O–H groups in total. The Morgan fingerprint density at radius 1 is 1.00 bits per heavy atom. The Bertz CT molecular complexity index is 620. The zero-order valence-electron chi connectivity index (χ0n) is 12.6. The van der Waals surface area contributed by atoms with Crippen LogP contribution in [0.15, 0.2) is 42.5 Å². The second kappa shape index (κ2) is 6.19. The largest absolute Gasteiger partial charge is 0.497 e. The lowest BCUT2D eigenvalue weighted by Crippen LogP contribution is -2.15. The number of benzene rings is 2. The number of hydrogen-bond acceptors (Lipinski definition) is 3. The van der Waals surface area contributed by atoms with Crippen molar-refractivity contribution in [2.75, 3.05) is 14.2 Å². The highest BCUT2D eigenvalue weighted by molar-refractivity contribution is 5.67. The van der Waals surface area contributed by atoms with E-state index in [-0.39, 0.29) is 0 Å². The average molecular weight is 283 g/mol. The summed E-state index contributed by atoms with van der Waals surface area (Å²) >= 11 is 0. The molecule has 3 heteroatoms. The molecular formula is C18H21NO2. The minimum absolute atomic E-state index is 0.690. The fourth-order valence-corrected chi connectivity index (χ4v) is 2.44. The van der Waals surface area contributed by atoms with E-state index in [9.17, 15) is 0 Å². The van der Waals surface area contributed by atoms with Crippen LogP contribution in [0.2, 0.25) is 0 Å². The van der Waals surface area contributed by atoms with Crippen molar-refractivity contribution in [1.29, 1.82) is 0 Å². The first-order chi connectivity index (χ1) is 10.3. The van der Waals surface area contributed by atoms with E-state index >= 15 is 0 Å². The molecule has 0 atom stereocenters. The van der Waals surface area contributed by atoms with Gasteiger partial charge in [-0.25, -0.2) is 0 Å². The zero-order chi connectivity index (χ0) is 14.7. The van der Waals surface area contributed by atoms with Crippen molar-refractivity contribution in [2.45, 2.75) is 25.4 Å². The number of rotatable bonds is 6. The molecule has 1 fully saturated rings. The van der Waals surface area contributed by atoms with E-state index < -0.39 is 0 Å². The second-order valence-corrected chi connectivity index (χ2v) is 5.41. The molecule has 0 bridgehead atoms. The van der Waals surface area contributed by atoms with Crippen LogP contribution in [0.5, 0.6) is 11.5 Å². The number of nitrogens with one attached hydrogen (secondary N) is 1. The van der Waals surface area contributed by atoms with E-state index in [0.29, 0.717) is 6.04 Å². The lowest BCUT2D eigenvalue weighted by molar-refractivity contribution is 0.407. The van der Waals surface area contributed by atoms with E-state index in [1.165, 1.54) is 24.0 Å². The molecule has 1 saturated carbocycles. The molecule has 0 saturated heterocycles. The SMILES string of the molecule is COc1cccc(-c2ccc(OC)c(CNC3CC3)c2)c1. The molecule has 2 aromatic rings. The zero-order valence-corrected chi connectivity index (χ0v) is 12.6. The third kappa shape index (κ3) is 3.37. The maximum Gasteiger partial charge on any atom is 0.123 e. The van der Waals surface area contributed by atoms with Gasteiger partial charge in [-0.3, -0.25) is 0 Å². The van der Waals surface area contributed by atoms with Gasteiger partial charge in [0.25, 0.3) is 0 Å². The molecule has 3 nitrogen and oxygen atoms in total. The van der Waals surface area contributed by atoms with Crippen molar-refractivity contribution in [2.24, 2.45) is 0 Å². The van der Waals surface area contributed by atoms with Crippen molar-refractivity contribution in [3.8, 4) is 22.6 Å². The lowest BCUT2D eigenvalue weighted by atomic mass is 10.0. The molecule has 3 rings (SSSR count). The van der Waals surface area contributed by atoms with E-state index in [1.807, 2.05) is 18.2 Å². The first kappa shape index (κ1) is 14.0. The fourth-order valence-electron chi connectivity index (χ4n) is 2.44. The Morgan fingerprint density at radius 2 is 1.81 bits per heavy atom. The van der Waals surface area contributed by atoms with Crippen LogP contribution in [0.4, 0.5) is 0 Å². The Morgan fingerprint density at radius 3 is 2.52 bits per heavy atom. The summed E-state index contributed by atoms with van der Waals surface area (Å²) < 4.78 is 10.8. The summed E-state index contributed by atoms with van der Waals surface area (Å²) in [5, 5.41) is 3.54. The number of methoxy groups -OCH3 is 2. The van der Waals surface area contributed by atoms with Crippen molar-refractivity contribution < 1.29 is 9.47 Å². The lowest BCUT2D eigenvalue weighted by Gasteiger charge is -2.12. The first-order valence-electron chi connectivity index (χ1n) is 7.35. The van der Waals surface area contributed by atoms with Crippen LogP contribution in [-0.4, -0.2) is 20.3 Å². The van der Waals surface area contributed by atoms with Crippen LogP contribution in [-0.2, 0) is 6.54 Å². The van der Waals surface area contributed by atoms with Gasteiger partial charge in [0.05, 0.1) is 14.2 Å². The Balaban J connectivity index is 1.88. The average Bonchev–Trinajstić information content (AvgIpc) is 3.37. The smallest absolute Gasteiger partial charge is 0.123 e. The van der Waals surface area contributed by atoms with Gasteiger partial charge in [-0.1, -0.05) is 18.2 Å². The summed E-state index contributed by atoms with van der Waals surface area (Å²) in [5.41, 5.74) is 3.54.